The Morgan fingerprint density at radius 3 is 2.97 bits per heavy atom. The van der Waals surface area contributed by atoms with Gasteiger partial charge >= 0.3 is 6.09 Å². The van der Waals surface area contributed by atoms with Crippen LogP contribution in [0.2, 0.25) is 0 Å². The molecule has 2 aliphatic carbocycles. The van der Waals surface area contributed by atoms with E-state index in [1.165, 1.54) is 16.8 Å². The van der Waals surface area contributed by atoms with Gasteiger partial charge in [0.2, 0.25) is 11.8 Å². The molecule has 0 aliphatic heterocycles. The van der Waals surface area contributed by atoms with Gasteiger partial charge in [-0.05, 0) is 38.7 Å². The predicted octanol–water partition coefficient (Wildman–Crippen LogP) is 3.70. The largest absolute Gasteiger partial charge is 0.470 e. The van der Waals surface area contributed by atoms with E-state index in [1.54, 1.807) is 12.1 Å². The molecule has 5 rings (SSSR count). The topological polar surface area (TPSA) is 118 Å². The molecule has 0 aromatic carbocycles. The summed E-state index contributed by atoms with van der Waals surface area (Å²) in [5, 5.41) is 12.8. The molecule has 3 atom stereocenters. The van der Waals surface area contributed by atoms with Gasteiger partial charge in [0.15, 0.2) is 12.4 Å². The Morgan fingerprint density at radius 1 is 1.38 bits per heavy atom. The van der Waals surface area contributed by atoms with Crippen molar-refractivity contribution in [3.05, 3.63) is 30.2 Å². The first-order valence-corrected chi connectivity index (χ1v) is 11.0. The number of imidazole rings is 1. The van der Waals surface area contributed by atoms with E-state index in [-0.39, 0.29) is 11.4 Å². The van der Waals surface area contributed by atoms with E-state index in [4.69, 9.17) is 9.47 Å². The van der Waals surface area contributed by atoms with Crippen molar-refractivity contribution in [2.24, 2.45) is 0 Å². The number of alkyl carbamates (subject to hydrolysis) is 1. The fourth-order valence-corrected chi connectivity index (χ4v) is 4.01. The minimum atomic E-state index is -2.61. The zero-order chi connectivity index (χ0) is 23.9. The first kappa shape index (κ1) is 22.3. The number of rotatable bonds is 8. The van der Waals surface area contributed by atoms with Crippen LogP contribution < -0.4 is 15.4 Å². The van der Waals surface area contributed by atoms with Crippen LogP contribution in [0.3, 0.4) is 0 Å². The minimum absolute atomic E-state index is 0.0380. The average Bonchev–Trinajstić information content (AvgIpc) is 3.15. The molecule has 1 amide bonds. The Labute approximate surface area is 192 Å². The number of alkyl halides is 3. The first-order chi connectivity index (χ1) is 16.3. The lowest BCUT2D eigenvalue weighted by atomic mass is 10.0. The maximum atomic E-state index is 15.1. The molecule has 0 radical (unpaired) electrons. The molecule has 2 fully saturated rings. The van der Waals surface area contributed by atoms with Crippen molar-refractivity contribution in [2.45, 2.75) is 62.8 Å². The molecule has 3 aromatic rings. The van der Waals surface area contributed by atoms with Crippen LogP contribution >= 0.6 is 0 Å². The van der Waals surface area contributed by atoms with E-state index in [9.17, 15) is 13.6 Å². The Bertz CT molecular complexity index is 1180. The number of hydrogen-bond acceptors (Lipinski definition) is 7. The summed E-state index contributed by atoms with van der Waals surface area (Å²) in [6.07, 6.45) is 0.246. The number of hydrogen-bond donors (Lipinski definition) is 3. The monoisotopic (exact) mass is 479 g/mol. The molecule has 10 nitrogen and oxygen atoms in total. The van der Waals surface area contributed by atoms with E-state index in [2.05, 4.69) is 30.8 Å². The van der Waals surface area contributed by atoms with Crippen molar-refractivity contribution in [3.8, 4) is 5.88 Å². The number of amides is 1. The minimum Gasteiger partial charge on any atom is -0.470 e. The average molecular weight is 479 g/mol. The SMILES string of the molecule is CC1(NC(=O)O[C@@H]2CC[C@H](c3cc(Nc4nccc5nc(OCC(F)F)cn45)n[nH]3)[C@@H]2F)CC1. The Kier molecular flexibility index (Phi) is 5.70. The molecular weight excluding hydrogens is 455 g/mol. The highest BCUT2D eigenvalue weighted by atomic mass is 19.3. The lowest BCUT2D eigenvalue weighted by Gasteiger charge is -2.19. The van der Waals surface area contributed by atoms with Crippen LogP contribution in [-0.4, -0.2) is 61.5 Å². The zero-order valence-corrected chi connectivity index (χ0v) is 18.3. The summed E-state index contributed by atoms with van der Waals surface area (Å²) < 4.78 is 51.7. The molecule has 2 aliphatic rings. The van der Waals surface area contributed by atoms with Crippen molar-refractivity contribution in [1.82, 2.24) is 29.9 Å². The number of ether oxygens (including phenoxy) is 2. The number of nitrogens with zero attached hydrogens (tertiary/aromatic N) is 4. The van der Waals surface area contributed by atoms with Gasteiger partial charge in [0, 0.05) is 29.4 Å². The molecule has 0 bridgehead atoms. The fraction of sp³-hybridized carbons (Fsp3) is 0.524. The van der Waals surface area contributed by atoms with Crippen molar-refractivity contribution >= 4 is 23.5 Å². The molecule has 3 N–H and O–H groups in total. The molecule has 3 aromatic heterocycles. The molecule has 0 saturated heterocycles. The van der Waals surface area contributed by atoms with Gasteiger partial charge in [0.25, 0.3) is 6.43 Å². The smallest absolute Gasteiger partial charge is 0.407 e. The van der Waals surface area contributed by atoms with Gasteiger partial charge in [-0.25, -0.2) is 22.9 Å². The van der Waals surface area contributed by atoms with E-state index in [1.807, 2.05) is 6.92 Å². The molecule has 13 heteroatoms. The number of carbonyl (C=O) groups is 1. The summed E-state index contributed by atoms with van der Waals surface area (Å²) in [6, 6.07) is 3.26. The van der Waals surface area contributed by atoms with Gasteiger partial charge in [-0.1, -0.05) is 0 Å². The lowest BCUT2D eigenvalue weighted by Crippen LogP contribution is -2.38. The number of carbonyl (C=O) groups excluding carboxylic acids is 1. The maximum absolute atomic E-state index is 15.1. The van der Waals surface area contributed by atoms with Crippen molar-refractivity contribution in [1.29, 1.82) is 0 Å². The van der Waals surface area contributed by atoms with Crippen LogP contribution in [0.4, 0.5) is 29.7 Å². The van der Waals surface area contributed by atoms with Gasteiger partial charge in [0.05, 0.1) is 6.20 Å². The van der Waals surface area contributed by atoms with Gasteiger partial charge in [0.1, 0.15) is 17.9 Å². The third kappa shape index (κ3) is 4.73. The number of halogens is 3. The zero-order valence-electron chi connectivity index (χ0n) is 18.3. The quantitative estimate of drug-likeness (QED) is 0.451. The van der Waals surface area contributed by atoms with E-state index in [0.29, 0.717) is 35.9 Å². The number of aromatic nitrogens is 5. The van der Waals surface area contributed by atoms with Crippen LogP contribution in [0.25, 0.3) is 5.65 Å². The number of aromatic amines is 1. The molecule has 182 valence electrons. The summed E-state index contributed by atoms with van der Waals surface area (Å²) in [7, 11) is 0. The maximum Gasteiger partial charge on any atom is 0.407 e. The third-order valence-electron chi connectivity index (χ3n) is 6.12. The first-order valence-electron chi connectivity index (χ1n) is 11.0. The number of H-pyrrole nitrogens is 1. The number of nitrogens with one attached hydrogen (secondary N) is 3. The van der Waals surface area contributed by atoms with E-state index in [0.717, 1.165) is 12.8 Å². The van der Waals surface area contributed by atoms with Crippen LogP contribution in [0.1, 0.15) is 44.2 Å². The van der Waals surface area contributed by atoms with Gasteiger partial charge in [-0.2, -0.15) is 10.1 Å². The summed E-state index contributed by atoms with van der Waals surface area (Å²) >= 11 is 0. The highest BCUT2D eigenvalue weighted by molar-refractivity contribution is 5.69. The van der Waals surface area contributed by atoms with Crippen molar-refractivity contribution in [3.63, 3.8) is 0 Å². The van der Waals surface area contributed by atoms with Gasteiger partial charge < -0.3 is 20.1 Å². The predicted molar refractivity (Wildman–Crippen MR) is 114 cm³/mol. The molecular formula is C21H24F3N7O3. The summed E-state index contributed by atoms with van der Waals surface area (Å²) in [4.78, 5) is 20.4. The van der Waals surface area contributed by atoms with Crippen LogP contribution in [0, 0.1) is 0 Å². The molecule has 2 saturated carbocycles. The van der Waals surface area contributed by atoms with Gasteiger partial charge in [-0.3, -0.25) is 9.50 Å². The fourth-order valence-electron chi connectivity index (χ4n) is 4.01. The van der Waals surface area contributed by atoms with E-state index < -0.39 is 37.3 Å². The summed E-state index contributed by atoms with van der Waals surface area (Å²) in [5.74, 6) is 0.249. The second kappa shape index (κ2) is 8.69. The Morgan fingerprint density at radius 2 is 2.21 bits per heavy atom. The number of fused-ring (bicyclic) bond motifs is 1. The lowest BCUT2D eigenvalue weighted by molar-refractivity contribution is 0.0546. The highest BCUT2D eigenvalue weighted by Gasteiger charge is 2.43. The molecule has 34 heavy (non-hydrogen) atoms. The third-order valence-corrected chi connectivity index (χ3v) is 6.12. The highest BCUT2D eigenvalue weighted by Crippen LogP contribution is 2.39. The normalized spacial score (nSPS) is 23.3. The molecule has 3 heterocycles. The van der Waals surface area contributed by atoms with Crippen molar-refractivity contribution in [2.75, 3.05) is 11.9 Å². The van der Waals surface area contributed by atoms with Crippen LogP contribution in [0.5, 0.6) is 5.88 Å². The summed E-state index contributed by atoms with van der Waals surface area (Å²) in [6.45, 7) is 1.16. The Balaban J connectivity index is 1.24. The van der Waals surface area contributed by atoms with Crippen LogP contribution in [0.15, 0.2) is 24.5 Å². The van der Waals surface area contributed by atoms with E-state index >= 15 is 4.39 Å². The second-order valence-corrected chi connectivity index (χ2v) is 8.87. The second-order valence-electron chi connectivity index (χ2n) is 8.87. The Hall–Kier alpha value is -3.51. The molecule has 0 unspecified atom stereocenters. The van der Waals surface area contributed by atoms with Gasteiger partial charge in [-0.15, -0.1) is 0 Å². The summed E-state index contributed by atoms with van der Waals surface area (Å²) in [5.41, 5.74) is 0.775. The standard InChI is InChI=1S/C21H24F3N7O3/c1-21(5-6-21)28-20(32)34-13-3-2-11(18(13)24)12-8-15(30-29-12)26-19-25-7-4-16-27-17(9-31(16)19)33-10-14(22)23/h4,7-9,11,13-14,18H,2-3,5-6,10H2,1H3,(H,28,32)(H2,25,26,29,30)/t11-,13-,18+/m1/s1. The van der Waals surface area contributed by atoms with Crippen molar-refractivity contribution < 1.29 is 27.4 Å². The van der Waals surface area contributed by atoms with Crippen LogP contribution in [-0.2, 0) is 4.74 Å². The molecule has 0 spiro atoms. The number of anilines is 2.